The average molecular weight is 447 g/mol. The van der Waals surface area contributed by atoms with Crippen molar-refractivity contribution in [2.24, 2.45) is 0 Å². The highest BCUT2D eigenvalue weighted by atomic mass is 35.5. The maximum absolute atomic E-state index is 12.8. The Balaban J connectivity index is 2.49. The number of nitrogens with zero attached hydrogens (tertiary/aromatic N) is 1. The Morgan fingerprint density at radius 1 is 1.30 bits per heavy atom. The molecule has 12 heteroatoms. The molecule has 1 saturated heterocycles. The fraction of sp³-hybridized carbons (Fsp3) is 0.533. The maximum Gasteiger partial charge on any atom is 0.426 e. The van der Waals surface area contributed by atoms with Crippen LogP contribution in [0.1, 0.15) is 6.92 Å². The van der Waals surface area contributed by atoms with E-state index in [1.165, 1.54) is 6.07 Å². The smallest absolute Gasteiger partial charge is 0.373 e. The van der Waals surface area contributed by atoms with Gasteiger partial charge < -0.3 is 15.3 Å². The molecule has 2 N–H and O–H groups in total. The second-order valence-electron chi connectivity index (χ2n) is 6.17. The molecule has 0 bridgehead atoms. The fourth-order valence-electron chi connectivity index (χ4n) is 2.40. The number of aliphatic hydroxyl groups is 1. The highest BCUT2D eigenvalue weighted by Gasteiger charge is 2.55. The molecule has 0 saturated carbocycles. The van der Waals surface area contributed by atoms with E-state index < -0.39 is 27.5 Å². The van der Waals surface area contributed by atoms with Gasteiger partial charge in [0.1, 0.15) is 0 Å². The Morgan fingerprint density at radius 3 is 2.33 bits per heavy atom. The van der Waals surface area contributed by atoms with Crippen LogP contribution < -0.4 is 10.2 Å². The molecule has 0 radical (unpaired) electrons. The third-order valence-corrected chi connectivity index (χ3v) is 6.50. The molecule has 1 heterocycles. The monoisotopic (exact) mass is 446 g/mol. The Labute approximate surface area is 164 Å². The molecule has 0 aromatic heterocycles. The van der Waals surface area contributed by atoms with Crippen LogP contribution in [-0.2, 0) is 14.6 Å². The lowest BCUT2D eigenvalue weighted by Crippen LogP contribution is -2.52. The molecule has 1 aliphatic rings. The summed E-state index contributed by atoms with van der Waals surface area (Å²) < 4.78 is 62.7. The van der Waals surface area contributed by atoms with Gasteiger partial charge in [0.05, 0.1) is 21.3 Å². The summed E-state index contributed by atoms with van der Waals surface area (Å²) in [7, 11) is -3.68. The van der Waals surface area contributed by atoms with Crippen LogP contribution in [0.5, 0.6) is 0 Å². The van der Waals surface area contributed by atoms with Gasteiger partial charge in [0.25, 0.3) is 5.91 Å². The molecule has 1 fully saturated rings. The average Bonchev–Trinajstić information content (AvgIpc) is 2.55. The molecule has 1 atom stereocenters. The molecule has 152 valence electrons. The van der Waals surface area contributed by atoms with Crippen LogP contribution in [0.4, 0.5) is 24.5 Å². The zero-order chi connectivity index (χ0) is 20.6. The quantitative estimate of drug-likeness (QED) is 0.739. The normalized spacial score (nSPS) is 18.1. The van der Waals surface area contributed by atoms with Gasteiger partial charge in [-0.25, -0.2) is 8.42 Å². The van der Waals surface area contributed by atoms with Crippen LogP contribution in [0.15, 0.2) is 17.0 Å². The van der Waals surface area contributed by atoms with Crippen LogP contribution in [0.3, 0.4) is 0 Å². The number of thioether (sulfide) groups is 1. The first-order valence-electron chi connectivity index (χ1n) is 7.72. The number of carbonyl (C=O) groups excluding carboxylic acids is 1. The number of anilines is 2. The van der Waals surface area contributed by atoms with E-state index in [9.17, 15) is 31.5 Å². The highest BCUT2D eigenvalue weighted by molar-refractivity contribution is 7.99. The van der Waals surface area contributed by atoms with Gasteiger partial charge in [-0.2, -0.15) is 24.9 Å². The van der Waals surface area contributed by atoms with E-state index in [1.54, 1.807) is 16.7 Å². The second-order valence-corrected chi connectivity index (χ2v) is 9.76. The van der Waals surface area contributed by atoms with Crippen LogP contribution in [0.2, 0.25) is 5.02 Å². The van der Waals surface area contributed by atoms with Gasteiger partial charge in [-0.05, 0) is 19.1 Å². The molecule has 1 aliphatic heterocycles. The number of benzene rings is 1. The molecule has 1 aromatic rings. The minimum absolute atomic E-state index is 0.0834. The van der Waals surface area contributed by atoms with Crippen molar-refractivity contribution in [1.82, 2.24) is 0 Å². The van der Waals surface area contributed by atoms with Crippen molar-refractivity contribution < 1.29 is 31.5 Å². The third kappa shape index (κ3) is 4.64. The summed E-state index contributed by atoms with van der Waals surface area (Å²) in [6, 6.07) is 2.28. The number of carbonyl (C=O) groups is 1. The zero-order valence-corrected chi connectivity index (χ0v) is 16.8. The lowest BCUT2D eigenvalue weighted by molar-refractivity contribution is -0.242. The van der Waals surface area contributed by atoms with Crippen molar-refractivity contribution in [3.8, 4) is 0 Å². The summed E-state index contributed by atoms with van der Waals surface area (Å²) in [4.78, 5) is 13.6. The second kappa shape index (κ2) is 7.69. The number of halogens is 4. The summed E-state index contributed by atoms with van der Waals surface area (Å²) in [6.07, 6.45) is -4.20. The van der Waals surface area contributed by atoms with Gasteiger partial charge >= 0.3 is 6.18 Å². The van der Waals surface area contributed by atoms with Crippen molar-refractivity contribution in [3.63, 3.8) is 0 Å². The van der Waals surface area contributed by atoms with E-state index in [-0.39, 0.29) is 21.3 Å². The van der Waals surface area contributed by atoms with E-state index in [4.69, 9.17) is 11.6 Å². The predicted octanol–water partition coefficient (Wildman–Crippen LogP) is 2.55. The van der Waals surface area contributed by atoms with Crippen LogP contribution >= 0.6 is 23.4 Å². The number of rotatable bonds is 4. The highest BCUT2D eigenvalue weighted by Crippen LogP contribution is 2.40. The number of nitrogens with one attached hydrogen (secondary N) is 1. The topological polar surface area (TPSA) is 86.7 Å². The van der Waals surface area contributed by atoms with Crippen LogP contribution in [0.25, 0.3) is 0 Å². The van der Waals surface area contributed by atoms with Gasteiger partial charge in [-0.1, -0.05) is 11.6 Å². The molecular formula is C15H18ClF3N2O4S2. The largest absolute Gasteiger partial charge is 0.426 e. The number of hydrogen-bond donors (Lipinski definition) is 2. The Morgan fingerprint density at radius 2 is 1.85 bits per heavy atom. The minimum Gasteiger partial charge on any atom is -0.373 e. The van der Waals surface area contributed by atoms with Crippen molar-refractivity contribution in [2.45, 2.75) is 23.6 Å². The van der Waals surface area contributed by atoms with Gasteiger partial charge in [0.2, 0.25) is 5.60 Å². The Hall–Kier alpha value is -1.17. The van der Waals surface area contributed by atoms with Gasteiger partial charge in [-0.15, -0.1) is 0 Å². The molecule has 27 heavy (non-hydrogen) atoms. The summed E-state index contributed by atoms with van der Waals surface area (Å²) in [5, 5.41) is 11.2. The molecule has 2 rings (SSSR count). The maximum atomic E-state index is 12.8. The van der Waals surface area contributed by atoms with E-state index in [0.717, 1.165) is 23.8 Å². The fourth-order valence-corrected chi connectivity index (χ4v) is 4.59. The van der Waals surface area contributed by atoms with E-state index in [2.05, 4.69) is 0 Å². The lowest BCUT2D eigenvalue weighted by atomic mass is 10.1. The van der Waals surface area contributed by atoms with Gasteiger partial charge in [-0.3, -0.25) is 4.79 Å². The predicted molar refractivity (Wildman–Crippen MR) is 99.4 cm³/mol. The van der Waals surface area contributed by atoms with Crippen LogP contribution in [-0.4, -0.2) is 62.1 Å². The van der Waals surface area contributed by atoms with Crippen molar-refractivity contribution >= 4 is 50.5 Å². The first-order valence-corrected chi connectivity index (χ1v) is 11.1. The SMILES string of the molecule is C[C@@](O)(C(=O)Nc1ccc(S(C)(=O)=O)c(N2CCSCC2)c1Cl)C(F)(F)F. The molecule has 1 aromatic carbocycles. The first kappa shape index (κ1) is 22.1. The summed E-state index contributed by atoms with van der Waals surface area (Å²) in [6.45, 7) is 1.30. The third-order valence-electron chi connectivity index (χ3n) is 4.05. The van der Waals surface area contributed by atoms with Crippen molar-refractivity contribution in [2.75, 3.05) is 41.1 Å². The molecule has 0 aliphatic carbocycles. The van der Waals surface area contributed by atoms with E-state index in [1.807, 2.05) is 5.32 Å². The first-order chi connectivity index (χ1) is 12.3. The Bertz CT molecular complexity index is 838. The number of amides is 1. The van der Waals surface area contributed by atoms with Gasteiger partial charge in [0.15, 0.2) is 9.84 Å². The number of sulfone groups is 1. The molecule has 0 spiro atoms. The number of alkyl halides is 3. The van der Waals surface area contributed by atoms with Crippen molar-refractivity contribution in [3.05, 3.63) is 17.2 Å². The Kier molecular flexibility index (Phi) is 6.30. The summed E-state index contributed by atoms with van der Waals surface area (Å²) >= 11 is 7.94. The molecule has 6 nitrogen and oxygen atoms in total. The molecule has 0 unspecified atom stereocenters. The summed E-state index contributed by atoms with van der Waals surface area (Å²) in [5.41, 5.74) is -3.72. The van der Waals surface area contributed by atoms with Crippen molar-refractivity contribution in [1.29, 1.82) is 0 Å². The molecule has 1 amide bonds. The summed E-state index contributed by atoms with van der Waals surface area (Å²) in [5.74, 6) is -0.276. The zero-order valence-electron chi connectivity index (χ0n) is 14.4. The van der Waals surface area contributed by atoms with Crippen LogP contribution in [0, 0.1) is 0 Å². The lowest BCUT2D eigenvalue weighted by Gasteiger charge is -2.31. The van der Waals surface area contributed by atoms with Gasteiger partial charge in [0, 0.05) is 30.9 Å². The molecular weight excluding hydrogens is 429 g/mol. The van der Waals surface area contributed by atoms with E-state index >= 15 is 0 Å². The minimum atomic E-state index is -5.19. The number of hydrogen-bond acceptors (Lipinski definition) is 6. The standard InChI is InChI=1S/C15H18ClF3N2O4S2/c1-14(23,15(17,18)19)13(22)20-9-3-4-10(27(2,24)25)12(11(9)16)21-5-7-26-8-6-21/h3-4,23H,5-8H2,1-2H3,(H,20,22)/t14-/m1/s1. The van der Waals surface area contributed by atoms with E-state index in [0.29, 0.717) is 20.0 Å².